The van der Waals surface area contributed by atoms with Crippen LogP contribution >= 0.6 is 0 Å². The summed E-state index contributed by atoms with van der Waals surface area (Å²) in [6.45, 7) is 3.41. The maximum Gasteiger partial charge on any atom is 0.342 e. The van der Waals surface area contributed by atoms with Crippen LogP contribution in [0.15, 0.2) is 42.5 Å². The molecule has 0 aliphatic rings. The third-order valence-electron chi connectivity index (χ3n) is 4.17. The van der Waals surface area contributed by atoms with Crippen LogP contribution in [0.4, 0.5) is 5.69 Å². The Morgan fingerprint density at radius 3 is 2.43 bits per heavy atom. The maximum atomic E-state index is 12.3. The third-order valence-corrected chi connectivity index (χ3v) is 4.17. The molecule has 0 unspecified atom stereocenters. The quantitative estimate of drug-likeness (QED) is 0.423. The number of nitro groups is 1. The van der Waals surface area contributed by atoms with Gasteiger partial charge in [0.25, 0.3) is 11.6 Å². The molecule has 0 bridgehead atoms. The zero-order valence-corrected chi connectivity index (χ0v) is 15.9. The SMILES string of the molecule is CC[C@@H](NC(=O)COC(=O)c1cc([N+](=O)[O-])ccc1OC)c1ccc(C)cc1. The number of aryl methyl sites for hydroxylation is 1. The first-order valence-electron chi connectivity index (χ1n) is 8.71. The van der Waals surface area contributed by atoms with Gasteiger partial charge in [-0.15, -0.1) is 0 Å². The van der Waals surface area contributed by atoms with Gasteiger partial charge in [0.05, 0.1) is 18.1 Å². The third kappa shape index (κ3) is 5.29. The Hall–Kier alpha value is -3.42. The van der Waals surface area contributed by atoms with Crippen molar-refractivity contribution in [3.8, 4) is 5.75 Å². The average Bonchev–Trinajstić information content (AvgIpc) is 2.70. The van der Waals surface area contributed by atoms with Gasteiger partial charge in [-0.25, -0.2) is 4.79 Å². The molecule has 2 aromatic rings. The summed E-state index contributed by atoms with van der Waals surface area (Å²) in [6, 6.07) is 11.2. The molecule has 0 fully saturated rings. The Bertz CT molecular complexity index is 863. The van der Waals surface area contributed by atoms with Crippen LogP contribution in [0.25, 0.3) is 0 Å². The van der Waals surface area contributed by atoms with Gasteiger partial charge in [0.1, 0.15) is 11.3 Å². The lowest BCUT2D eigenvalue weighted by Gasteiger charge is -2.18. The van der Waals surface area contributed by atoms with Crippen molar-refractivity contribution in [2.75, 3.05) is 13.7 Å². The van der Waals surface area contributed by atoms with Crippen LogP contribution in [0, 0.1) is 17.0 Å². The van der Waals surface area contributed by atoms with E-state index < -0.39 is 23.4 Å². The molecule has 1 atom stereocenters. The van der Waals surface area contributed by atoms with Gasteiger partial charge in [0.2, 0.25) is 0 Å². The predicted molar refractivity (Wildman–Crippen MR) is 102 cm³/mol. The van der Waals surface area contributed by atoms with E-state index in [1.54, 1.807) is 0 Å². The van der Waals surface area contributed by atoms with Crippen molar-refractivity contribution in [1.82, 2.24) is 5.32 Å². The Kier molecular flexibility index (Phi) is 7.08. The van der Waals surface area contributed by atoms with Gasteiger partial charge in [-0.1, -0.05) is 36.8 Å². The van der Waals surface area contributed by atoms with E-state index in [2.05, 4.69) is 5.32 Å². The molecule has 0 heterocycles. The maximum absolute atomic E-state index is 12.3. The summed E-state index contributed by atoms with van der Waals surface area (Å²) in [5, 5.41) is 13.7. The summed E-state index contributed by atoms with van der Waals surface area (Å²) >= 11 is 0. The Balaban J connectivity index is 2.01. The molecule has 148 valence electrons. The first kappa shape index (κ1) is 20.9. The molecule has 1 N–H and O–H groups in total. The molecule has 8 nitrogen and oxygen atoms in total. The minimum absolute atomic E-state index is 0.116. The number of esters is 1. The summed E-state index contributed by atoms with van der Waals surface area (Å²) < 4.78 is 10.0. The fourth-order valence-corrected chi connectivity index (χ4v) is 2.63. The normalized spacial score (nSPS) is 11.4. The smallest absolute Gasteiger partial charge is 0.342 e. The van der Waals surface area contributed by atoms with Crippen LogP contribution in [-0.4, -0.2) is 30.5 Å². The van der Waals surface area contributed by atoms with Gasteiger partial charge in [-0.05, 0) is 25.0 Å². The highest BCUT2D eigenvalue weighted by Gasteiger charge is 2.20. The minimum atomic E-state index is -0.876. The van der Waals surface area contributed by atoms with Gasteiger partial charge >= 0.3 is 5.97 Å². The summed E-state index contributed by atoms with van der Waals surface area (Å²) in [5.41, 5.74) is 1.68. The number of hydrogen-bond donors (Lipinski definition) is 1. The van der Waals surface area contributed by atoms with E-state index in [0.717, 1.165) is 17.2 Å². The van der Waals surface area contributed by atoms with Crippen LogP contribution < -0.4 is 10.1 Å². The Labute approximate surface area is 162 Å². The topological polar surface area (TPSA) is 108 Å². The molecule has 8 heteroatoms. The molecular formula is C20H22N2O6. The molecule has 0 radical (unpaired) electrons. The van der Waals surface area contributed by atoms with E-state index in [4.69, 9.17) is 9.47 Å². The number of nitrogens with zero attached hydrogens (tertiary/aromatic N) is 1. The molecule has 0 saturated carbocycles. The summed E-state index contributed by atoms with van der Waals surface area (Å²) in [5.74, 6) is -1.22. The Morgan fingerprint density at radius 2 is 1.86 bits per heavy atom. The number of amides is 1. The molecule has 0 spiro atoms. The van der Waals surface area contributed by atoms with Crippen LogP contribution in [0.1, 0.15) is 40.9 Å². The van der Waals surface area contributed by atoms with Gasteiger partial charge in [0.15, 0.2) is 6.61 Å². The van der Waals surface area contributed by atoms with Gasteiger partial charge in [0, 0.05) is 12.1 Å². The second kappa shape index (κ2) is 9.50. The monoisotopic (exact) mass is 386 g/mol. The van der Waals surface area contributed by atoms with Crippen molar-refractivity contribution < 1.29 is 24.0 Å². The average molecular weight is 386 g/mol. The van der Waals surface area contributed by atoms with Crippen molar-refractivity contribution in [2.45, 2.75) is 26.3 Å². The van der Waals surface area contributed by atoms with Crippen LogP contribution in [0.2, 0.25) is 0 Å². The van der Waals surface area contributed by atoms with Crippen LogP contribution in [0.3, 0.4) is 0 Å². The van der Waals surface area contributed by atoms with E-state index in [9.17, 15) is 19.7 Å². The summed E-state index contributed by atoms with van der Waals surface area (Å²) in [6.07, 6.45) is 0.668. The van der Waals surface area contributed by atoms with Crippen LogP contribution in [0.5, 0.6) is 5.75 Å². The van der Waals surface area contributed by atoms with E-state index in [0.29, 0.717) is 6.42 Å². The highest BCUT2D eigenvalue weighted by molar-refractivity contribution is 5.94. The van der Waals surface area contributed by atoms with E-state index >= 15 is 0 Å². The predicted octanol–water partition coefficient (Wildman–Crippen LogP) is 3.34. The molecule has 0 saturated heterocycles. The van der Waals surface area contributed by atoms with Gasteiger partial charge in [-0.2, -0.15) is 0 Å². The highest BCUT2D eigenvalue weighted by atomic mass is 16.6. The molecule has 2 rings (SSSR count). The lowest BCUT2D eigenvalue weighted by atomic mass is 10.0. The number of ether oxygens (including phenoxy) is 2. The molecular weight excluding hydrogens is 364 g/mol. The second-order valence-corrected chi connectivity index (χ2v) is 6.16. The van der Waals surface area contributed by atoms with Crippen molar-refractivity contribution in [3.63, 3.8) is 0 Å². The molecule has 28 heavy (non-hydrogen) atoms. The lowest BCUT2D eigenvalue weighted by Crippen LogP contribution is -2.32. The minimum Gasteiger partial charge on any atom is -0.496 e. The number of methoxy groups -OCH3 is 1. The van der Waals surface area contributed by atoms with E-state index in [1.165, 1.54) is 19.2 Å². The number of nitrogens with one attached hydrogen (secondary N) is 1. The number of benzene rings is 2. The van der Waals surface area contributed by atoms with Crippen molar-refractivity contribution in [3.05, 3.63) is 69.3 Å². The standard InChI is InChI=1S/C20H22N2O6/c1-4-17(14-7-5-13(2)6-8-14)21-19(23)12-28-20(24)16-11-15(22(25)26)9-10-18(16)27-3/h5-11,17H,4,12H2,1-3H3,(H,21,23)/t17-/m1/s1. The largest absolute Gasteiger partial charge is 0.496 e. The number of carbonyl (C=O) groups is 2. The Morgan fingerprint density at radius 1 is 1.18 bits per heavy atom. The van der Waals surface area contributed by atoms with Crippen molar-refractivity contribution >= 4 is 17.6 Å². The first-order valence-corrected chi connectivity index (χ1v) is 8.71. The van der Waals surface area contributed by atoms with E-state index in [-0.39, 0.29) is 23.0 Å². The second-order valence-electron chi connectivity index (χ2n) is 6.16. The first-order chi connectivity index (χ1) is 13.3. The zero-order chi connectivity index (χ0) is 20.7. The van der Waals surface area contributed by atoms with Crippen molar-refractivity contribution in [1.29, 1.82) is 0 Å². The molecule has 2 aromatic carbocycles. The number of non-ortho nitro benzene ring substituents is 1. The number of hydrogen-bond acceptors (Lipinski definition) is 6. The number of rotatable bonds is 8. The van der Waals surface area contributed by atoms with Crippen molar-refractivity contribution in [2.24, 2.45) is 0 Å². The number of nitro benzene ring substituents is 1. The van der Waals surface area contributed by atoms with Crippen LogP contribution in [-0.2, 0) is 9.53 Å². The van der Waals surface area contributed by atoms with E-state index in [1.807, 2.05) is 38.1 Å². The molecule has 0 aliphatic carbocycles. The summed E-state index contributed by atoms with van der Waals surface area (Å²) in [7, 11) is 1.33. The lowest BCUT2D eigenvalue weighted by molar-refractivity contribution is -0.384. The molecule has 0 aliphatic heterocycles. The fourth-order valence-electron chi connectivity index (χ4n) is 2.63. The summed E-state index contributed by atoms with van der Waals surface area (Å²) in [4.78, 5) is 34.7. The molecule has 1 amide bonds. The highest BCUT2D eigenvalue weighted by Crippen LogP contribution is 2.24. The van der Waals surface area contributed by atoms with Gasteiger partial charge in [-0.3, -0.25) is 14.9 Å². The number of carbonyl (C=O) groups excluding carboxylic acids is 2. The van der Waals surface area contributed by atoms with Gasteiger partial charge < -0.3 is 14.8 Å². The fraction of sp³-hybridized carbons (Fsp3) is 0.300. The molecule has 0 aromatic heterocycles. The zero-order valence-electron chi connectivity index (χ0n) is 15.9.